The number of halogens is 2. The third kappa shape index (κ3) is 4.07. The van der Waals surface area contributed by atoms with Gasteiger partial charge in [-0.25, -0.2) is 19.3 Å². The second-order valence-corrected chi connectivity index (χ2v) is 5.73. The fourth-order valence-electron chi connectivity index (χ4n) is 2.52. The van der Waals surface area contributed by atoms with Crippen molar-refractivity contribution in [3.8, 4) is 0 Å². The monoisotopic (exact) mass is 398 g/mol. The SMILES string of the molecule is Cl.N=c1c2ncnc(Nc3ccc(F)cc3)c2ncn1OCc1ccccc1. The van der Waals surface area contributed by atoms with Crippen molar-refractivity contribution in [1.82, 2.24) is 19.7 Å². The van der Waals surface area contributed by atoms with Crippen LogP contribution in [0.5, 0.6) is 0 Å². The molecule has 0 bridgehead atoms. The minimum atomic E-state index is -0.323. The molecule has 28 heavy (non-hydrogen) atoms. The minimum Gasteiger partial charge on any atom is -0.406 e. The van der Waals surface area contributed by atoms with Gasteiger partial charge >= 0.3 is 0 Å². The quantitative estimate of drug-likeness (QED) is 0.538. The molecule has 0 aliphatic rings. The lowest BCUT2D eigenvalue weighted by molar-refractivity contribution is 0.0850. The van der Waals surface area contributed by atoms with Gasteiger partial charge < -0.3 is 10.2 Å². The molecule has 4 aromatic rings. The largest absolute Gasteiger partial charge is 0.406 e. The summed E-state index contributed by atoms with van der Waals surface area (Å²) >= 11 is 0. The molecule has 0 saturated heterocycles. The number of rotatable bonds is 5. The van der Waals surface area contributed by atoms with E-state index in [9.17, 15) is 4.39 Å². The number of aromatic nitrogens is 4. The fraction of sp³-hybridized carbons (Fsp3) is 0.0526. The van der Waals surface area contributed by atoms with Crippen LogP contribution in [-0.4, -0.2) is 19.7 Å². The van der Waals surface area contributed by atoms with Crippen LogP contribution in [0.1, 0.15) is 5.56 Å². The Bertz CT molecular complexity index is 1130. The molecule has 0 saturated carbocycles. The Hall–Kier alpha value is -3.52. The predicted octanol–water partition coefficient (Wildman–Crippen LogP) is 3.24. The van der Waals surface area contributed by atoms with Crippen LogP contribution in [0.4, 0.5) is 15.9 Å². The van der Waals surface area contributed by atoms with Crippen molar-refractivity contribution >= 4 is 34.9 Å². The molecule has 2 aromatic carbocycles. The Kier molecular flexibility index (Phi) is 5.81. The third-order valence-corrected chi connectivity index (χ3v) is 3.88. The van der Waals surface area contributed by atoms with Gasteiger partial charge in [-0.1, -0.05) is 30.3 Å². The highest BCUT2D eigenvalue weighted by atomic mass is 35.5. The van der Waals surface area contributed by atoms with E-state index >= 15 is 0 Å². The van der Waals surface area contributed by atoms with Crippen LogP contribution in [0.2, 0.25) is 0 Å². The number of hydrogen-bond acceptors (Lipinski definition) is 6. The van der Waals surface area contributed by atoms with E-state index in [4.69, 9.17) is 10.2 Å². The lowest BCUT2D eigenvalue weighted by Gasteiger charge is -2.11. The van der Waals surface area contributed by atoms with Crippen molar-refractivity contribution in [3.63, 3.8) is 0 Å². The molecule has 2 N–H and O–H groups in total. The number of fused-ring (bicyclic) bond motifs is 1. The van der Waals surface area contributed by atoms with Crippen molar-refractivity contribution in [2.45, 2.75) is 6.61 Å². The van der Waals surface area contributed by atoms with Gasteiger partial charge in [-0.05, 0) is 29.8 Å². The van der Waals surface area contributed by atoms with Gasteiger partial charge in [-0.3, -0.25) is 5.41 Å². The Morgan fingerprint density at radius 3 is 2.46 bits per heavy atom. The van der Waals surface area contributed by atoms with E-state index in [2.05, 4.69) is 20.3 Å². The summed E-state index contributed by atoms with van der Waals surface area (Å²) in [6, 6.07) is 15.5. The Labute approximate surface area is 165 Å². The lowest BCUT2D eigenvalue weighted by Crippen LogP contribution is -2.28. The second kappa shape index (κ2) is 8.45. The summed E-state index contributed by atoms with van der Waals surface area (Å²) in [5.41, 5.74) is 2.45. The standard InChI is InChI=1S/C19H15FN6O.ClH/c20-14-6-8-15(9-7-14)25-19-17-16(22-11-23-19)18(21)26(12-24-17)27-10-13-4-2-1-3-5-13;/h1-9,11-12,21H,10H2,(H,22,23,25);1H. The van der Waals surface area contributed by atoms with Crippen molar-refractivity contribution in [2.75, 3.05) is 5.32 Å². The first-order valence-corrected chi connectivity index (χ1v) is 8.17. The van der Waals surface area contributed by atoms with E-state index in [1.54, 1.807) is 12.1 Å². The molecule has 0 spiro atoms. The molecule has 4 rings (SSSR count). The number of nitrogens with zero attached hydrogens (tertiary/aromatic N) is 4. The lowest BCUT2D eigenvalue weighted by atomic mass is 10.2. The van der Waals surface area contributed by atoms with Crippen LogP contribution in [0.25, 0.3) is 11.0 Å². The van der Waals surface area contributed by atoms with Crippen molar-refractivity contribution in [1.29, 1.82) is 5.41 Å². The maximum Gasteiger partial charge on any atom is 0.191 e. The summed E-state index contributed by atoms with van der Waals surface area (Å²) < 4.78 is 14.3. The van der Waals surface area contributed by atoms with E-state index in [-0.39, 0.29) is 23.7 Å². The van der Waals surface area contributed by atoms with Crippen LogP contribution in [-0.2, 0) is 6.61 Å². The average molecular weight is 399 g/mol. The van der Waals surface area contributed by atoms with Gasteiger partial charge in [-0.2, -0.15) is 4.73 Å². The van der Waals surface area contributed by atoms with E-state index in [0.717, 1.165) is 5.56 Å². The van der Waals surface area contributed by atoms with Crippen LogP contribution >= 0.6 is 12.4 Å². The highest BCUT2D eigenvalue weighted by Crippen LogP contribution is 2.19. The summed E-state index contributed by atoms with van der Waals surface area (Å²) in [5.74, 6) is 0.103. The van der Waals surface area contributed by atoms with Crippen molar-refractivity contribution in [3.05, 3.63) is 84.1 Å². The third-order valence-electron chi connectivity index (χ3n) is 3.88. The van der Waals surface area contributed by atoms with Crippen LogP contribution < -0.4 is 15.6 Å². The number of nitrogens with one attached hydrogen (secondary N) is 2. The molecule has 2 aromatic heterocycles. The Balaban J connectivity index is 0.00000225. The zero-order chi connectivity index (χ0) is 18.6. The maximum absolute atomic E-state index is 13.1. The van der Waals surface area contributed by atoms with Gasteiger partial charge in [0.2, 0.25) is 0 Å². The molecule has 9 heteroatoms. The molecule has 0 aliphatic heterocycles. The van der Waals surface area contributed by atoms with Crippen LogP contribution in [0, 0.1) is 11.2 Å². The van der Waals surface area contributed by atoms with Gasteiger partial charge in [0.1, 0.15) is 36.1 Å². The number of benzene rings is 2. The van der Waals surface area contributed by atoms with Crippen LogP contribution in [0.3, 0.4) is 0 Å². The first-order chi connectivity index (χ1) is 13.2. The first-order valence-electron chi connectivity index (χ1n) is 8.17. The van der Waals surface area contributed by atoms with E-state index in [1.807, 2.05) is 30.3 Å². The highest BCUT2D eigenvalue weighted by molar-refractivity contribution is 5.86. The first kappa shape index (κ1) is 19.2. The van der Waals surface area contributed by atoms with E-state index in [0.29, 0.717) is 29.1 Å². The fourth-order valence-corrected chi connectivity index (χ4v) is 2.52. The minimum absolute atomic E-state index is 0. The molecule has 2 heterocycles. The molecule has 142 valence electrons. The number of anilines is 2. The summed E-state index contributed by atoms with van der Waals surface area (Å²) in [6.45, 7) is 0.302. The molecule has 0 amide bonds. The predicted molar refractivity (Wildman–Crippen MR) is 105 cm³/mol. The summed E-state index contributed by atoms with van der Waals surface area (Å²) in [4.78, 5) is 18.3. The smallest absolute Gasteiger partial charge is 0.191 e. The molecule has 0 fully saturated rings. The highest BCUT2D eigenvalue weighted by Gasteiger charge is 2.10. The van der Waals surface area contributed by atoms with Gasteiger partial charge in [-0.15, -0.1) is 12.4 Å². The molecular weight excluding hydrogens is 383 g/mol. The van der Waals surface area contributed by atoms with Gasteiger partial charge in [0, 0.05) is 5.69 Å². The summed E-state index contributed by atoms with van der Waals surface area (Å²) in [6.07, 6.45) is 2.75. The Morgan fingerprint density at radius 2 is 1.71 bits per heavy atom. The van der Waals surface area contributed by atoms with Crippen molar-refractivity contribution in [2.24, 2.45) is 0 Å². The average Bonchev–Trinajstić information content (AvgIpc) is 2.70. The van der Waals surface area contributed by atoms with Gasteiger partial charge in [0.05, 0.1) is 0 Å². The number of hydrogen-bond donors (Lipinski definition) is 2. The summed E-state index contributed by atoms with van der Waals surface area (Å²) in [7, 11) is 0. The van der Waals surface area contributed by atoms with Gasteiger partial charge in [0.25, 0.3) is 0 Å². The Morgan fingerprint density at radius 1 is 0.964 bits per heavy atom. The topological polar surface area (TPSA) is 88.7 Å². The van der Waals surface area contributed by atoms with Crippen molar-refractivity contribution < 1.29 is 9.23 Å². The zero-order valence-corrected chi connectivity index (χ0v) is 15.4. The molecule has 0 unspecified atom stereocenters. The molecule has 0 aliphatic carbocycles. The molecular formula is C19H16ClFN6O. The normalized spacial score (nSPS) is 10.3. The van der Waals surface area contributed by atoms with Crippen LogP contribution in [0.15, 0.2) is 67.3 Å². The second-order valence-electron chi connectivity index (χ2n) is 5.73. The van der Waals surface area contributed by atoms with Gasteiger partial charge in [0.15, 0.2) is 11.3 Å². The molecule has 7 nitrogen and oxygen atoms in total. The van der Waals surface area contributed by atoms with E-state index < -0.39 is 0 Å². The van der Waals surface area contributed by atoms with E-state index in [1.165, 1.54) is 29.5 Å². The maximum atomic E-state index is 13.1. The molecule has 0 atom stereocenters. The zero-order valence-electron chi connectivity index (χ0n) is 14.5. The summed E-state index contributed by atoms with van der Waals surface area (Å²) in [5, 5.41) is 11.4. The molecule has 0 radical (unpaired) electrons.